The SMILES string of the molecule is CCN(CC)S(=O)(=O)c1ccc(OCC(=O)NCc2cccnc2)cc1. The highest BCUT2D eigenvalue weighted by molar-refractivity contribution is 7.89. The van der Waals surface area contributed by atoms with Gasteiger partial charge in [-0.05, 0) is 35.9 Å². The molecular weight excluding hydrogens is 354 g/mol. The highest BCUT2D eigenvalue weighted by atomic mass is 32.2. The van der Waals surface area contributed by atoms with Crippen LogP contribution in [0.3, 0.4) is 0 Å². The van der Waals surface area contributed by atoms with E-state index in [2.05, 4.69) is 10.3 Å². The van der Waals surface area contributed by atoms with Gasteiger partial charge in [-0.15, -0.1) is 0 Å². The van der Waals surface area contributed by atoms with Crippen molar-refractivity contribution in [2.24, 2.45) is 0 Å². The van der Waals surface area contributed by atoms with E-state index in [1.54, 1.807) is 44.4 Å². The Balaban J connectivity index is 1.88. The molecule has 1 amide bonds. The zero-order chi connectivity index (χ0) is 19.0. The van der Waals surface area contributed by atoms with Crippen molar-refractivity contribution in [3.8, 4) is 5.75 Å². The number of sulfonamides is 1. The quantitative estimate of drug-likeness (QED) is 0.720. The first kappa shape index (κ1) is 19.9. The predicted molar refractivity (Wildman–Crippen MR) is 98.1 cm³/mol. The number of carbonyl (C=O) groups excluding carboxylic acids is 1. The Labute approximate surface area is 154 Å². The standard InChI is InChI=1S/C18H23N3O4S/c1-3-21(4-2)26(23,24)17-9-7-16(8-10-17)25-14-18(22)20-13-15-6-5-11-19-12-15/h5-12H,3-4,13-14H2,1-2H3,(H,20,22). The molecule has 0 radical (unpaired) electrons. The van der Waals surface area contributed by atoms with E-state index in [1.165, 1.54) is 16.4 Å². The lowest BCUT2D eigenvalue weighted by Crippen LogP contribution is -2.30. The van der Waals surface area contributed by atoms with Crippen molar-refractivity contribution in [2.45, 2.75) is 25.3 Å². The predicted octanol–water partition coefficient (Wildman–Crippen LogP) is 1.81. The van der Waals surface area contributed by atoms with Crippen LogP contribution >= 0.6 is 0 Å². The lowest BCUT2D eigenvalue weighted by Gasteiger charge is -2.18. The van der Waals surface area contributed by atoms with Crippen LogP contribution < -0.4 is 10.1 Å². The summed E-state index contributed by atoms with van der Waals surface area (Å²) in [6.45, 7) is 4.63. The molecule has 0 fully saturated rings. The number of rotatable bonds is 9. The second-order valence-corrected chi connectivity index (χ2v) is 7.43. The Morgan fingerprint density at radius 1 is 1.15 bits per heavy atom. The van der Waals surface area contributed by atoms with Gasteiger partial charge in [0, 0.05) is 32.0 Å². The average molecular weight is 377 g/mol. The first-order chi connectivity index (χ1) is 12.5. The lowest BCUT2D eigenvalue weighted by molar-refractivity contribution is -0.123. The van der Waals surface area contributed by atoms with E-state index in [0.717, 1.165) is 5.56 Å². The average Bonchev–Trinajstić information content (AvgIpc) is 2.66. The van der Waals surface area contributed by atoms with Gasteiger partial charge in [0.15, 0.2) is 6.61 Å². The van der Waals surface area contributed by atoms with Crippen LogP contribution in [0.2, 0.25) is 0 Å². The summed E-state index contributed by atoms with van der Waals surface area (Å²) in [6.07, 6.45) is 3.34. The van der Waals surface area contributed by atoms with Gasteiger partial charge < -0.3 is 10.1 Å². The summed E-state index contributed by atoms with van der Waals surface area (Å²) in [5, 5.41) is 2.73. The summed E-state index contributed by atoms with van der Waals surface area (Å²) >= 11 is 0. The molecule has 0 aliphatic rings. The molecule has 26 heavy (non-hydrogen) atoms. The summed E-state index contributed by atoms with van der Waals surface area (Å²) in [5.74, 6) is 0.161. The van der Waals surface area contributed by atoms with Crippen molar-refractivity contribution >= 4 is 15.9 Å². The van der Waals surface area contributed by atoms with E-state index in [0.29, 0.717) is 25.4 Å². The van der Waals surface area contributed by atoms with E-state index in [-0.39, 0.29) is 17.4 Å². The smallest absolute Gasteiger partial charge is 0.258 e. The van der Waals surface area contributed by atoms with Crippen molar-refractivity contribution in [2.75, 3.05) is 19.7 Å². The number of nitrogens with one attached hydrogen (secondary N) is 1. The third-order valence-corrected chi connectivity index (χ3v) is 5.81. The number of benzene rings is 1. The summed E-state index contributed by atoms with van der Waals surface area (Å²) in [6, 6.07) is 9.72. The normalized spacial score (nSPS) is 11.3. The molecule has 2 aromatic rings. The summed E-state index contributed by atoms with van der Waals surface area (Å²) in [7, 11) is -3.50. The number of carbonyl (C=O) groups is 1. The maximum Gasteiger partial charge on any atom is 0.258 e. The molecule has 8 heteroatoms. The molecule has 0 spiro atoms. The molecule has 0 atom stereocenters. The van der Waals surface area contributed by atoms with E-state index in [9.17, 15) is 13.2 Å². The highest BCUT2D eigenvalue weighted by Gasteiger charge is 2.21. The van der Waals surface area contributed by atoms with Gasteiger partial charge in [-0.25, -0.2) is 8.42 Å². The maximum atomic E-state index is 12.4. The van der Waals surface area contributed by atoms with Gasteiger partial charge in [0.2, 0.25) is 10.0 Å². The van der Waals surface area contributed by atoms with Gasteiger partial charge >= 0.3 is 0 Å². The fraction of sp³-hybridized carbons (Fsp3) is 0.333. The largest absolute Gasteiger partial charge is 0.484 e. The number of hydrogen-bond acceptors (Lipinski definition) is 5. The van der Waals surface area contributed by atoms with Crippen molar-refractivity contribution < 1.29 is 17.9 Å². The Morgan fingerprint density at radius 3 is 2.42 bits per heavy atom. The van der Waals surface area contributed by atoms with Gasteiger partial charge in [0.1, 0.15) is 5.75 Å². The van der Waals surface area contributed by atoms with Crippen molar-refractivity contribution in [3.05, 3.63) is 54.4 Å². The van der Waals surface area contributed by atoms with Crippen molar-refractivity contribution in [1.29, 1.82) is 0 Å². The topological polar surface area (TPSA) is 88.6 Å². The number of nitrogens with zero attached hydrogens (tertiary/aromatic N) is 2. The molecule has 1 aromatic heterocycles. The molecule has 1 aromatic carbocycles. The van der Waals surface area contributed by atoms with Gasteiger partial charge in [0.25, 0.3) is 5.91 Å². The van der Waals surface area contributed by atoms with Crippen molar-refractivity contribution in [1.82, 2.24) is 14.6 Å². The fourth-order valence-corrected chi connectivity index (χ4v) is 3.78. The molecule has 0 bridgehead atoms. The van der Waals surface area contributed by atoms with E-state index in [4.69, 9.17) is 4.74 Å². The number of aromatic nitrogens is 1. The van der Waals surface area contributed by atoms with Crippen LogP contribution in [-0.2, 0) is 21.4 Å². The van der Waals surface area contributed by atoms with Crippen LogP contribution in [0.5, 0.6) is 5.75 Å². The van der Waals surface area contributed by atoms with Gasteiger partial charge in [-0.1, -0.05) is 19.9 Å². The molecular formula is C18H23N3O4S. The van der Waals surface area contributed by atoms with Gasteiger partial charge in [-0.2, -0.15) is 4.31 Å². The van der Waals surface area contributed by atoms with Gasteiger partial charge in [0.05, 0.1) is 4.90 Å². The Hall–Kier alpha value is -2.45. The fourth-order valence-electron chi connectivity index (χ4n) is 2.32. The van der Waals surface area contributed by atoms with E-state index in [1.807, 2.05) is 6.07 Å². The molecule has 0 aliphatic carbocycles. The molecule has 2 rings (SSSR count). The number of amides is 1. The van der Waals surface area contributed by atoms with E-state index < -0.39 is 10.0 Å². The van der Waals surface area contributed by atoms with Crippen LogP contribution in [-0.4, -0.2) is 43.3 Å². The lowest BCUT2D eigenvalue weighted by atomic mass is 10.3. The Morgan fingerprint density at radius 2 is 1.85 bits per heavy atom. The monoisotopic (exact) mass is 377 g/mol. The highest BCUT2D eigenvalue weighted by Crippen LogP contribution is 2.19. The van der Waals surface area contributed by atoms with Gasteiger partial charge in [-0.3, -0.25) is 9.78 Å². The minimum Gasteiger partial charge on any atom is -0.484 e. The van der Waals surface area contributed by atoms with Crippen LogP contribution in [0.4, 0.5) is 0 Å². The Bertz CT molecular complexity index is 804. The molecule has 1 N–H and O–H groups in total. The molecule has 0 saturated heterocycles. The molecule has 0 aliphatic heterocycles. The minimum absolute atomic E-state index is 0.150. The zero-order valence-corrected chi connectivity index (χ0v) is 15.7. The second kappa shape index (κ2) is 9.30. The third-order valence-electron chi connectivity index (χ3n) is 3.75. The summed E-state index contributed by atoms with van der Waals surface area (Å²) in [4.78, 5) is 16.0. The van der Waals surface area contributed by atoms with Crippen LogP contribution in [0.25, 0.3) is 0 Å². The summed E-state index contributed by atoms with van der Waals surface area (Å²) in [5.41, 5.74) is 0.895. The summed E-state index contributed by atoms with van der Waals surface area (Å²) < 4.78 is 31.6. The maximum absolute atomic E-state index is 12.4. The van der Waals surface area contributed by atoms with Crippen LogP contribution in [0.1, 0.15) is 19.4 Å². The molecule has 0 saturated carbocycles. The molecule has 140 valence electrons. The first-order valence-corrected chi connectivity index (χ1v) is 9.80. The first-order valence-electron chi connectivity index (χ1n) is 8.36. The third kappa shape index (κ3) is 5.27. The van der Waals surface area contributed by atoms with E-state index >= 15 is 0 Å². The Kier molecular flexibility index (Phi) is 7.11. The van der Waals surface area contributed by atoms with Crippen LogP contribution in [0, 0.1) is 0 Å². The van der Waals surface area contributed by atoms with Crippen molar-refractivity contribution in [3.63, 3.8) is 0 Å². The number of ether oxygens (including phenoxy) is 1. The zero-order valence-electron chi connectivity index (χ0n) is 14.9. The second-order valence-electron chi connectivity index (χ2n) is 5.49. The molecule has 1 heterocycles. The van der Waals surface area contributed by atoms with Crippen LogP contribution in [0.15, 0.2) is 53.7 Å². The number of hydrogen-bond donors (Lipinski definition) is 1. The number of pyridine rings is 1. The molecule has 0 unspecified atom stereocenters. The minimum atomic E-state index is -3.50. The molecule has 7 nitrogen and oxygen atoms in total.